The molecule has 0 aliphatic carbocycles. The molecule has 1 aliphatic heterocycles. The molecule has 0 spiro atoms. The van der Waals surface area contributed by atoms with Gasteiger partial charge in [-0.3, -0.25) is 5.32 Å². The summed E-state index contributed by atoms with van der Waals surface area (Å²) >= 11 is 1.79. The second-order valence-electron chi connectivity index (χ2n) is 3.73. The highest BCUT2D eigenvalue weighted by Gasteiger charge is 2.23. The average Bonchev–Trinajstić information content (AvgIpc) is 2.32. The summed E-state index contributed by atoms with van der Waals surface area (Å²) in [5, 5.41) is 8.75. The van der Waals surface area contributed by atoms with Gasteiger partial charge >= 0.3 is 0 Å². The molecule has 1 rings (SSSR count). The van der Waals surface area contributed by atoms with Gasteiger partial charge in [0.2, 0.25) is 0 Å². The molecule has 0 aromatic rings. The van der Waals surface area contributed by atoms with Crippen molar-refractivity contribution in [2.45, 2.75) is 26.3 Å². The van der Waals surface area contributed by atoms with E-state index in [9.17, 15) is 0 Å². The average molecular weight is 172 g/mol. The van der Waals surface area contributed by atoms with Crippen molar-refractivity contribution in [2.75, 3.05) is 7.05 Å². The highest BCUT2D eigenvalue weighted by Crippen LogP contribution is 2.31. The summed E-state index contributed by atoms with van der Waals surface area (Å²) in [6.07, 6.45) is 0. The van der Waals surface area contributed by atoms with Crippen LogP contribution in [0, 0.1) is 5.41 Å². The van der Waals surface area contributed by atoms with Crippen LogP contribution < -0.4 is 10.6 Å². The quantitative estimate of drug-likeness (QED) is 0.629. The Balaban J connectivity index is 2.53. The van der Waals surface area contributed by atoms with Crippen LogP contribution in [0.5, 0.6) is 0 Å². The molecular formula is C8H16N2S. The van der Waals surface area contributed by atoms with Crippen molar-refractivity contribution in [1.82, 2.24) is 10.6 Å². The Morgan fingerprint density at radius 3 is 2.45 bits per heavy atom. The Labute approximate surface area is 72.8 Å². The monoisotopic (exact) mass is 172 g/mol. The molecule has 0 saturated heterocycles. The number of rotatable bonds is 1. The van der Waals surface area contributed by atoms with E-state index in [1.165, 1.54) is 5.70 Å². The van der Waals surface area contributed by atoms with Gasteiger partial charge in [0.05, 0.1) is 0 Å². The van der Waals surface area contributed by atoms with Crippen molar-refractivity contribution in [3.63, 3.8) is 0 Å². The zero-order valence-corrected chi connectivity index (χ0v) is 8.38. The molecule has 0 radical (unpaired) electrons. The fourth-order valence-electron chi connectivity index (χ4n) is 0.879. The first-order valence-electron chi connectivity index (χ1n) is 3.84. The standard InChI is InChI=1S/C8H16N2S/c1-8(2,3)6-5-11-7(9-4)10-6/h5,7,9-10H,1-4H3. The summed E-state index contributed by atoms with van der Waals surface area (Å²) in [5.74, 6) is 0. The number of hydrogen-bond acceptors (Lipinski definition) is 3. The van der Waals surface area contributed by atoms with Gasteiger partial charge in [-0.25, -0.2) is 0 Å². The lowest BCUT2D eigenvalue weighted by Crippen LogP contribution is -2.35. The number of nitrogens with one attached hydrogen (secondary N) is 2. The van der Waals surface area contributed by atoms with Gasteiger partial charge in [-0.15, -0.1) is 0 Å². The summed E-state index contributed by atoms with van der Waals surface area (Å²) in [4.78, 5) is 0. The minimum absolute atomic E-state index is 0.249. The fraction of sp³-hybridized carbons (Fsp3) is 0.750. The van der Waals surface area contributed by atoms with Gasteiger partial charge in [-0.1, -0.05) is 32.5 Å². The predicted molar refractivity (Wildman–Crippen MR) is 51.1 cm³/mol. The lowest BCUT2D eigenvalue weighted by atomic mass is 9.93. The van der Waals surface area contributed by atoms with Gasteiger partial charge in [0, 0.05) is 11.1 Å². The molecule has 2 N–H and O–H groups in total. The van der Waals surface area contributed by atoms with E-state index in [0.717, 1.165) is 0 Å². The third kappa shape index (κ3) is 2.14. The largest absolute Gasteiger partial charge is 0.364 e. The van der Waals surface area contributed by atoms with E-state index >= 15 is 0 Å². The molecule has 3 heteroatoms. The van der Waals surface area contributed by atoms with Crippen molar-refractivity contribution >= 4 is 11.8 Å². The maximum Gasteiger partial charge on any atom is 0.129 e. The number of thioether (sulfide) groups is 1. The normalized spacial score (nSPS) is 24.7. The third-order valence-corrected chi connectivity index (χ3v) is 2.68. The molecule has 0 bridgehead atoms. The zero-order chi connectivity index (χ0) is 8.48. The molecule has 64 valence electrons. The SMILES string of the molecule is CNC1NC(C(C)(C)C)=CS1. The molecule has 1 unspecified atom stereocenters. The highest BCUT2D eigenvalue weighted by atomic mass is 32.2. The van der Waals surface area contributed by atoms with E-state index < -0.39 is 0 Å². The molecular weight excluding hydrogens is 156 g/mol. The molecule has 1 atom stereocenters. The maximum absolute atomic E-state index is 3.39. The fourth-order valence-corrected chi connectivity index (χ4v) is 1.90. The minimum Gasteiger partial charge on any atom is -0.364 e. The van der Waals surface area contributed by atoms with Gasteiger partial charge in [0.15, 0.2) is 0 Å². The van der Waals surface area contributed by atoms with Gasteiger partial charge in [-0.05, 0) is 12.5 Å². The molecule has 0 aromatic heterocycles. The molecule has 0 fully saturated rings. The van der Waals surface area contributed by atoms with Crippen LogP contribution >= 0.6 is 11.8 Å². The highest BCUT2D eigenvalue weighted by molar-refractivity contribution is 8.02. The van der Waals surface area contributed by atoms with E-state index in [0.29, 0.717) is 5.50 Å². The second-order valence-corrected chi connectivity index (χ2v) is 4.71. The second kappa shape index (κ2) is 3.07. The van der Waals surface area contributed by atoms with Crippen molar-refractivity contribution in [3.8, 4) is 0 Å². The van der Waals surface area contributed by atoms with Crippen LogP contribution in [0.1, 0.15) is 20.8 Å². The Morgan fingerprint density at radius 1 is 1.55 bits per heavy atom. The van der Waals surface area contributed by atoms with Crippen LogP contribution in [0.15, 0.2) is 11.1 Å². The van der Waals surface area contributed by atoms with E-state index in [1.54, 1.807) is 11.8 Å². The van der Waals surface area contributed by atoms with E-state index in [4.69, 9.17) is 0 Å². The summed E-state index contributed by atoms with van der Waals surface area (Å²) in [5.41, 5.74) is 1.93. The Hall–Kier alpha value is -0.150. The van der Waals surface area contributed by atoms with Crippen LogP contribution in [0.3, 0.4) is 0 Å². The Bertz CT molecular complexity index is 169. The van der Waals surface area contributed by atoms with Gasteiger partial charge in [-0.2, -0.15) is 0 Å². The molecule has 1 heterocycles. The summed E-state index contributed by atoms with van der Waals surface area (Å²) in [6, 6.07) is 0. The number of allylic oxidation sites excluding steroid dienone is 1. The molecule has 0 amide bonds. The molecule has 2 nitrogen and oxygen atoms in total. The van der Waals surface area contributed by atoms with Crippen molar-refractivity contribution in [2.24, 2.45) is 5.41 Å². The lowest BCUT2D eigenvalue weighted by molar-refractivity contribution is 0.452. The topological polar surface area (TPSA) is 24.1 Å². The maximum atomic E-state index is 3.39. The van der Waals surface area contributed by atoms with Crippen LogP contribution in [0.25, 0.3) is 0 Å². The van der Waals surface area contributed by atoms with Crippen LogP contribution in [0.2, 0.25) is 0 Å². The van der Waals surface area contributed by atoms with Crippen molar-refractivity contribution in [1.29, 1.82) is 0 Å². The molecule has 1 aliphatic rings. The van der Waals surface area contributed by atoms with Gasteiger partial charge in [0.1, 0.15) is 5.50 Å². The summed E-state index contributed by atoms with van der Waals surface area (Å²) in [7, 11) is 1.96. The smallest absolute Gasteiger partial charge is 0.129 e. The van der Waals surface area contributed by atoms with Crippen LogP contribution in [-0.2, 0) is 0 Å². The molecule has 0 saturated carbocycles. The van der Waals surface area contributed by atoms with Crippen molar-refractivity contribution < 1.29 is 0 Å². The van der Waals surface area contributed by atoms with E-state index in [-0.39, 0.29) is 5.41 Å². The van der Waals surface area contributed by atoms with Crippen LogP contribution in [0.4, 0.5) is 0 Å². The predicted octanol–water partition coefficient (Wildman–Crippen LogP) is 1.71. The minimum atomic E-state index is 0.249. The molecule has 0 aromatic carbocycles. The zero-order valence-electron chi connectivity index (χ0n) is 7.56. The summed E-state index contributed by atoms with van der Waals surface area (Å²) < 4.78 is 0. The van der Waals surface area contributed by atoms with Crippen LogP contribution in [-0.4, -0.2) is 12.5 Å². The van der Waals surface area contributed by atoms with Gasteiger partial charge in [0.25, 0.3) is 0 Å². The Morgan fingerprint density at radius 2 is 2.18 bits per heavy atom. The lowest BCUT2D eigenvalue weighted by Gasteiger charge is -2.22. The summed E-state index contributed by atoms with van der Waals surface area (Å²) in [6.45, 7) is 6.64. The van der Waals surface area contributed by atoms with E-state index in [1.807, 2.05) is 7.05 Å². The van der Waals surface area contributed by atoms with Crippen molar-refractivity contribution in [3.05, 3.63) is 11.1 Å². The third-order valence-electron chi connectivity index (χ3n) is 1.68. The Kier molecular flexibility index (Phi) is 2.50. The number of hydrogen-bond donors (Lipinski definition) is 2. The first-order chi connectivity index (χ1) is 5.04. The molecule has 11 heavy (non-hydrogen) atoms. The van der Waals surface area contributed by atoms with Gasteiger partial charge < -0.3 is 5.32 Å². The van der Waals surface area contributed by atoms with E-state index in [2.05, 4.69) is 36.8 Å². The first kappa shape index (κ1) is 8.94. The first-order valence-corrected chi connectivity index (χ1v) is 4.78.